The number of rotatable bonds is 14. The first-order chi connectivity index (χ1) is 8.85. The molecule has 0 saturated carbocycles. The van der Waals surface area contributed by atoms with Gasteiger partial charge in [0.05, 0.1) is 19.8 Å². The van der Waals surface area contributed by atoms with Gasteiger partial charge in [-0.15, -0.1) is 0 Å². The molecular weight excluding hydrogens is 226 g/mol. The lowest BCUT2D eigenvalue weighted by Crippen LogP contribution is -2.34. The molecule has 110 valence electrons. The summed E-state index contributed by atoms with van der Waals surface area (Å²) in [4.78, 5) is 0. The Morgan fingerprint density at radius 3 is 2.39 bits per heavy atom. The van der Waals surface area contributed by atoms with Crippen LogP contribution in [0.4, 0.5) is 0 Å². The zero-order valence-corrected chi connectivity index (χ0v) is 12.7. The molecule has 0 heterocycles. The Labute approximate surface area is 114 Å². The first-order valence-electron chi connectivity index (χ1n) is 7.65. The minimum Gasteiger partial charge on any atom is -0.382 e. The second kappa shape index (κ2) is 14.9. The second-order valence-electron chi connectivity index (χ2n) is 4.92. The molecule has 0 fully saturated rings. The predicted molar refractivity (Wildman–Crippen MR) is 78.2 cm³/mol. The van der Waals surface area contributed by atoms with Gasteiger partial charge in [-0.3, -0.25) is 0 Å². The van der Waals surface area contributed by atoms with Crippen molar-refractivity contribution >= 4 is 0 Å². The van der Waals surface area contributed by atoms with Crippen LogP contribution in [0.15, 0.2) is 0 Å². The summed E-state index contributed by atoms with van der Waals surface area (Å²) in [7, 11) is 1.71. The molecule has 0 aromatic rings. The molecule has 0 aliphatic rings. The maximum Gasteiger partial charge on any atom is 0.0701 e. The third-order valence-electron chi connectivity index (χ3n) is 3.09. The molecule has 0 amide bonds. The second-order valence-corrected chi connectivity index (χ2v) is 4.92. The summed E-state index contributed by atoms with van der Waals surface area (Å²) in [5, 5.41) is 3.57. The van der Waals surface area contributed by atoms with E-state index in [0.717, 1.165) is 13.2 Å². The maximum absolute atomic E-state index is 5.62. The SMILES string of the molecule is CCCCCCCC(COCCOC)NCCC. The van der Waals surface area contributed by atoms with Crippen LogP contribution >= 0.6 is 0 Å². The highest BCUT2D eigenvalue weighted by Gasteiger charge is 2.07. The van der Waals surface area contributed by atoms with Crippen molar-refractivity contribution in [2.75, 3.05) is 33.5 Å². The lowest BCUT2D eigenvalue weighted by Gasteiger charge is -2.18. The molecule has 1 atom stereocenters. The monoisotopic (exact) mass is 259 g/mol. The van der Waals surface area contributed by atoms with E-state index < -0.39 is 0 Å². The summed E-state index contributed by atoms with van der Waals surface area (Å²) in [6.45, 7) is 7.77. The molecule has 1 N–H and O–H groups in total. The van der Waals surface area contributed by atoms with E-state index in [0.29, 0.717) is 19.3 Å². The lowest BCUT2D eigenvalue weighted by molar-refractivity contribution is 0.0571. The molecule has 0 radical (unpaired) electrons. The number of unbranched alkanes of at least 4 members (excludes halogenated alkanes) is 4. The van der Waals surface area contributed by atoms with Crippen molar-refractivity contribution in [2.45, 2.75) is 64.8 Å². The molecule has 0 aliphatic heterocycles. The molecule has 3 nitrogen and oxygen atoms in total. The van der Waals surface area contributed by atoms with E-state index in [1.165, 1.54) is 44.9 Å². The zero-order chi connectivity index (χ0) is 13.5. The van der Waals surface area contributed by atoms with Crippen LogP contribution in [0, 0.1) is 0 Å². The van der Waals surface area contributed by atoms with Crippen LogP contribution < -0.4 is 5.32 Å². The molecule has 0 rings (SSSR count). The Kier molecular flexibility index (Phi) is 14.8. The van der Waals surface area contributed by atoms with E-state index in [1.54, 1.807) is 7.11 Å². The number of hydrogen-bond donors (Lipinski definition) is 1. The summed E-state index contributed by atoms with van der Waals surface area (Å²) < 4.78 is 10.6. The molecular formula is C15H33NO2. The van der Waals surface area contributed by atoms with Gasteiger partial charge in [0, 0.05) is 13.2 Å². The summed E-state index contributed by atoms with van der Waals surface area (Å²) in [5.41, 5.74) is 0. The quantitative estimate of drug-likeness (QED) is 0.485. The van der Waals surface area contributed by atoms with Gasteiger partial charge in [-0.25, -0.2) is 0 Å². The Morgan fingerprint density at radius 2 is 1.72 bits per heavy atom. The van der Waals surface area contributed by atoms with Gasteiger partial charge in [0.15, 0.2) is 0 Å². The highest BCUT2D eigenvalue weighted by atomic mass is 16.5. The molecule has 3 heteroatoms. The summed E-state index contributed by atoms with van der Waals surface area (Å²) in [6.07, 6.45) is 9.16. The molecule has 0 saturated heterocycles. The highest BCUT2D eigenvalue weighted by molar-refractivity contribution is 4.66. The minimum absolute atomic E-state index is 0.517. The normalized spacial score (nSPS) is 12.8. The van der Waals surface area contributed by atoms with Crippen LogP contribution in [0.5, 0.6) is 0 Å². The van der Waals surface area contributed by atoms with E-state index in [4.69, 9.17) is 9.47 Å². The van der Waals surface area contributed by atoms with Crippen molar-refractivity contribution in [1.29, 1.82) is 0 Å². The van der Waals surface area contributed by atoms with Gasteiger partial charge in [0.1, 0.15) is 0 Å². The van der Waals surface area contributed by atoms with Crippen LogP contribution in [0.3, 0.4) is 0 Å². The Bertz CT molecular complexity index is 153. The molecule has 0 spiro atoms. The van der Waals surface area contributed by atoms with Crippen LogP contribution in [0.2, 0.25) is 0 Å². The van der Waals surface area contributed by atoms with Crippen LogP contribution in [-0.4, -0.2) is 39.5 Å². The van der Waals surface area contributed by atoms with Crippen molar-refractivity contribution in [3.05, 3.63) is 0 Å². The first kappa shape index (κ1) is 17.9. The van der Waals surface area contributed by atoms with E-state index in [9.17, 15) is 0 Å². The predicted octanol–water partition coefficient (Wildman–Crippen LogP) is 3.38. The van der Waals surface area contributed by atoms with Gasteiger partial charge in [-0.05, 0) is 19.4 Å². The molecule has 1 unspecified atom stereocenters. The standard InChI is InChI=1S/C15H33NO2/c1-4-6-7-8-9-10-15(16-11-5-2)14-18-13-12-17-3/h15-16H,4-14H2,1-3H3. The van der Waals surface area contributed by atoms with E-state index >= 15 is 0 Å². The smallest absolute Gasteiger partial charge is 0.0701 e. The van der Waals surface area contributed by atoms with Gasteiger partial charge in [0.25, 0.3) is 0 Å². The summed E-state index contributed by atoms with van der Waals surface area (Å²) in [6, 6.07) is 0.517. The largest absolute Gasteiger partial charge is 0.382 e. The van der Waals surface area contributed by atoms with Gasteiger partial charge >= 0.3 is 0 Å². The van der Waals surface area contributed by atoms with E-state index in [1.807, 2.05) is 0 Å². The lowest BCUT2D eigenvalue weighted by atomic mass is 10.1. The third kappa shape index (κ3) is 12.3. The first-order valence-corrected chi connectivity index (χ1v) is 7.65. The molecule has 0 aromatic heterocycles. The topological polar surface area (TPSA) is 30.5 Å². The average Bonchev–Trinajstić information content (AvgIpc) is 2.39. The Balaban J connectivity index is 3.56. The molecule has 0 aromatic carbocycles. The minimum atomic E-state index is 0.517. The Hall–Kier alpha value is -0.120. The van der Waals surface area contributed by atoms with Gasteiger partial charge < -0.3 is 14.8 Å². The number of ether oxygens (including phenoxy) is 2. The van der Waals surface area contributed by atoms with E-state index in [2.05, 4.69) is 19.2 Å². The molecule has 0 bridgehead atoms. The number of hydrogen-bond acceptors (Lipinski definition) is 3. The fraction of sp³-hybridized carbons (Fsp3) is 1.00. The molecule has 18 heavy (non-hydrogen) atoms. The van der Waals surface area contributed by atoms with Crippen molar-refractivity contribution in [2.24, 2.45) is 0 Å². The van der Waals surface area contributed by atoms with Gasteiger partial charge in [-0.1, -0.05) is 46.0 Å². The Morgan fingerprint density at radius 1 is 0.944 bits per heavy atom. The number of nitrogens with one attached hydrogen (secondary N) is 1. The van der Waals surface area contributed by atoms with Crippen LogP contribution in [0.1, 0.15) is 58.8 Å². The van der Waals surface area contributed by atoms with Crippen molar-refractivity contribution in [3.63, 3.8) is 0 Å². The molecule has 0 aliphatic carbocycles. The highest BCUT2D eigenvalue weighted by Crippen LogP contribution is 2.07. The van der Waals surface area contributed by atoms with Crippen LogP contribution in [0.25, 0.3) is 0 Å². The fourth-order valence-electron chi connectivity index (χ4n) is 1.95. The fourth-order valence-corrected chi connectivity index (χ4v) is 1.95. The average molecular weight is 259 g/mol. The van der Waals surface area contributed by atoms with Crippen molar-refractivity contribution < 1.29 is 9.47 Å². The van der Waals surface area contributed by atoms with E-state index in [-0.39, 0.29) is 0 Å². The van der Waals surface area contributed by atoms with Gasteiger partial charge in [0.2, 0.25) is 0 Å². The third-order valence-corrected chi connectivity index (χ3v) is 3.09. The van der Waals surface area contributed by atoms with Crippen molar-refractivity contribution in [3.8, 4) is 0 Å². The number of methoxy groups -OCH3 is 1. The maximum atomic E-state index is 5.62. The summed E-state index contributed by atoms with van der Waals surface area (Å²) >= 11 is 0. The van der Waals surface area contributed by atoms with Gasteiger partial charge in [-0.2, -0.15) is 0 Å². The van der Waals surface area contributed by atoms with Crippen molar-refractivity contribution in [1.82, 2.24) is 5.32 Å². The summed E-state index contributed by atoms with van der Waals surface area (Å²) in [5.74, 6) is 0. The zero-order valence-electron chi connectivity index (χ0n) is 12.7. The van der Waals surface area contributed by atoms with Crippen LogP contribution in [-0.2, 0) is 9.47 Å².